The second-order valence-corrected chi connectivity index (χ2v) is 5.65. The molecule has 0 unspecified atom stereocenters. The van der Waals surface area contributed by atoms with Crippen molar-refractivity contribution in [1.29, 1.82) is 0 Å². The van der Waals surface area contributed by atoms with Gasteiger partial charge in [-0.2, -0.15) is 0 Å². The first-order valence-corrected chi connectivity index (χ1v) is 6.68. The van der Waals surface area contributed by atoms with Crippen molar-refractivity contribution in [2.75, 3.05) is 33.7 Å². The number of hydrogen-bond donors (Lipinski definition) is 0. The van der Waals surface area contributed by atoms with Crippen molar-refractivity contribution in [3.8, 4) is 0 Å². The summed E-state index contributed by atoms with van der Waals surface area (Å²) in [5.41, 5.74) is 0.971. The Balaban J connectivity index is 2.56. The van der Waals surface area contributed by atoms with Gasteiger partial charge in [-0.3, -0.25) is 9.88 Å². The van der Waals surface area contributed by atoms with Gasteiger partial charge in [0.25, 0.3) is 0 Å². The summed E-state index contributed by atoms with van der Waals surface area (Å²) in [6.07, 6.45) is 3.36. The molecule has 0 fully saturated rings. The summed E-state index contributed by atoms with van der Waals surface area (Å²) >= 11 is 5.74. The molecule has 5 heteroatoms. The molecule has 0 aromatic carbocycles. The maximum Gasteiger partial charge on any atom is 0.147 e. The van der Waals surface area contributed by atoms with Gasteiger partial charge >= 0.3 is 0 Å². The predicted molar refractivity (Wildman–Crippen MR) is 75.7 cm³/mol. The van der Waals surface area contributed by atoms with Gasteiger partial charge in [0.05, 0.1) is 18.1 Å². The fraction of sp³-hybridized carbons (Fsp3) is 0.692. The van der Waals surface area contributed by atoms with Gasteiger partial charge in [0.2, 0.25) is 0 Å². The summed E-state index contributed by atoms with van der Waals surface area (Å²) in [6.45, 7) is 8.45. The van der Waals surface area contributed by atoms with Crippen LogP contribution in [-0.4, -0.2) is 53.5 Å². The van der Waals surface area contributed by atoms with Crippen molar-refractivity contribution in [3.05, 3.63) is 23.2 Å². The zero-order valence-electron chi connectivity index (χ0n) is 11.7. The molecule has 0 spiro atoms. The molecule has 1 heterocycles. The second-order valence-electron chi connectivity index (χ2n) is 5.26. The summed E-state index contributed by atoms with van der Waals surface area (Å²) < 4.78 is 0. The van der Waals surface area contributed by atoms with Crippen molar-refractivity contribution in [2.24, 2.45) is 5.92 Å². The lowest BCUT2D eigenvalue weighted by Crippen LogP contribution is -2.34. The van der Waals surface area contributed by atoms with E-state index < -0.39 is 0 Å². The molecule has 0 saturated carbocycles. The van der Waals surface area contributed by atoms with Gasteiger partial charge in [0.15, 0.2) is 0 Å². The zero-order valence-corrected chi connectivity index (χ0v) is 12.5. The molecule has 0 radical (unpaired) electrons. The molecule has 0 N–H and O–H groups in total. The van der Waals surface area contributed by atoms with Crippen LogP contribution >= 0.6 is 11.6 Å². The van der Waals surface area contributed by atoms with E-state index in [1.54, 1.807) is 12.4 Å². The second kappa shape index (κ2) is 7.67. The Morgan fingerprint density at radius 3 is 2.39 bits per heavy atom. The smallest absolute Gasteiger partial charge is 0.147 e. The fourth-order valence-electron chi connectivity index (χ4n) is 1.74. The molecule has 1 rings (SSSR count). The molecule has 1 aromatic rings. The van der Waals surface area contributed by atoms with Crippen LogP contribution in [0.5, 0.6) is 0 Å². The minimum Gasteiger partial charge on any atom is -0.308 e. The number of likely N-dealkylation sites (N-methyl/N-ethyl adjacent to an activating group) is 1. The van der Waals surface area contributed by atoms with Crippen molar-refractivity contribution < 1.29 is 0 Å². The summed E-state index contributed by atoms with van der Waals surface area (Å²) in [6, 6.07) is 0. The van der Waals surface area contributed by atoms with E-state index in [-0.39, 0.29) is 0 Å². The standard InChI is InChI=1S/C13H23ClN4/c1-11(2)9-18(6-5-17(3)4)10-12-7-16-13(14)8-15-12/h7-8,11H,5-6,9-10H2,1-4H3. The first-order chi connectivity index (χ1) is 8.47. The topological polar surface area (TPSA) is 32.3 Å². The molecule has 0 aliphatic rings. The third-order valence-corrected chi connectivity index (χ3v) is 2.74. The van der Waals surface area contributed by atoms with E-state index in [1.807, 2.05) is 0 Å². The average Bonchev–Trinajstić information content (AvgIpc) is 2.28. The molecule has 18 heavy (non-hydrogen) atoms. The lowest BCUT2D eigenvalue weighted by Gasteiger charge is -2.25. The summed E-state index contributed by atoms with van der Waals surface area (Å²) in [5.74, 6) is 0.646. The Bertz CT molecular complexity index is 337. The van der Waals surface area contributed by atoms with Gasteiger partial charge in [-0.1, -0.05) is 25.4 Å². The highest BCUT2D eigenvalue weighted by Crippen LogP contribution is 2.07. The van der Waals surface area contributed by atoms with Crippen molar-refractivity contribution in [1.82, 2.24) is 19.8 Å². The van der Waals surface area contributed by atoms with E-state index in [0.717, 1.165) is 31.9 Å². The maximum atomic E-state index is 5.74. The van der Waals surface area contributed by atoms with Crippen molar-refractivity contribution >= 4 is 11.6 Å². The van der Waals surface area contributed by atoms with Crippen LogP contribution in [0, 0.1) is 5.92 Å². The quantitative estimate of drug-likeness (QED) is 0.760. The van der Waals surface area contributed by atoms with Crippen molar-refractivity contribution in [2.45, 2.75) is 20.4 Å². The van der Waals surface area contributed by atoms with Crippen LogP contribution in [0.4, 0.5) is 0 Å². The van der Waals surface area contributed by atoms with Crippen LogP contribution in [0.25, 0.3) is 0 Å². The number of rotatable bonds is 7. The highest BCUT2D eigenvalue weighted by molar-refractivity contribution is 6.29. The van der Waals surface area contributed by atoms with Gasteiger partial charge in [-0.05, 0) is 20.0 Å². The van der Waals surface area contributed by atoms with Crippen LogP contribution in [-0.2, 0) is 6.54 Å². The Hall–Kier alpha value is -0.710. The van der Waals surface area contributed by atoms with Crippen LogP contribution in [0.15, 0.2) is 12.4 Å². The molecule has 0 amide bonds. The largest absolute Gasteiger partial charge is 0.308 e. The van der Waals surface area contributed by atoms with E-state index in [0.29, 0.717) is 11.1 Å². The normalized spacial score (nSPS) is 11.8. The highest BCUT2D eigenvalue weighted by atomic mass is 35.5. The number of halogens is 1. The van der Waals surface area contributed by atoms with Crippen LogP contribution in [0.1, 0.15) is 19.5 Å². The number of nitrogens with zero attached hydrogens (tertiary/aromatic N) is 4. The monoisotopic (exact) mass is 270 g/mol. The molecular formula is C13H23ClN4. The first-order valence-electron chi connectivity index (χ1n) is 6.31. The minimum absolute atomic E-state index is 0.447. The lowest BCUT2D eigenvalue weighted by atomic mass is 10.2. The van der Waals surface area contributed by atoms with Gasteiger partial charge in [-0.25, -0.2) is 4.98 Å². The Morgan fingerprint density at radius 1 is 1.17 bits per heavy atom. The van der Waals surface area contributed by atoms with Gasteiger partial charge < -0.3 is 4.90 Å². The molecule has 0 saturated heterocycles. The molecular weight excluding hydrogens is 248 g/mol. The number of hydrogen-bond acceptors (Lipinski definition) is 4. The summed E-state index contributed by atoms with van der Waals surface area (Å²) in [5, 5.41) is 0.447. The van der Waals surface area contributed by atoms with E-state index in [4.69, 9.17) is 11.6 Å². The highest BCUT2D eigenvalue weighted by Gasteiger charge is 2.09. The molecule has 0 aliphatic carbocycles. The van der Waals surface area contributed by atoms with E-state index in [1.165, 1.54) is 0 Å². The Morgan fingerprint density at radius 2 is 1.89 bits per heavy atom. The van der Waals surface area contributed by atoms with Gasteiger partial charge in [0.1, 0.15) is 5.15 Å². The molecule has 0 bridgehead atoms. The predicted octanol–water partition coefficient (Wildman–Crippen LogP) is 2.15. The number of aromatic nitrogens is 2. The van der Waals surface area contributed by atoms with Crippen molar-refractivity contribution in [3.63, 3.8) is 0 Å². The third kappa shape index (κ3) is 6.28. The molecule has 1 aromatic heterocycles. The molecule has 0 aliphatic heterocycles. The Kier molecular flexibility index (Phi) is 6.54. The summed E-state index contributed by atoms with van der Waals surface area (Å²) in [4.78, 5) is 13.0. The van der Waals surface area contributed by atoms with E-state index in [2.05, 4.69) is 47.7 Å². The fourth-order valence-corrected chi connectivity index (χ4v) is 1.84. The van der Waals surface area contributed by atoms with Crippen LogP contribution in [0.2, 0.25) is 5.15 Å². The summed E-state index contributed by atoms with van der Waals surface area (Å²) in [7, 11) is 4.19. The van der Waals surface area contributed by atoms with Crippen LogP contribution < -0.4 is 0 Å². The average molecular weight is 271 g/mol. The molecule has 0 atom stereocenters. The van der Waals surface area contributed by atoms with E-state index >= 15 is 0 Å². The van der Waals surface area contributed by atoms with Gasteiger partial charge in [0, 0.05) is 26.2 Å². The maximum absolute atomic E-state index is 5.74. The Labute approximate surface area is 115 Å². The third-order valence-electron chi connectivity index (χ3n) is 2.55. The lowest BCUT2D eigenvalue weighted by molar-refractivity contribution is 0.209. The molecule has 102 valence electrons. The van der Waals surface area contributed by atoms with Crippen LogP contribution in [0.3, 0.4) is 0 Å². The SMILES string of the molecule is CC(C)CN(CCN(C)C)Cc1cnc(Cl)cn1. The zero-order chi connectivity index (χ0) is 13.5. The first kappa shape index (κ1) is 15.3. The van der Waals surface area contributed by atoms with Gasteiger partial charge in [-0.15, -0.1) is 0 Å². The van der Waals surface area contributed by atoms with E-state index in [9.17, 15) is 0 Å². The minimum atomic E-state index is 0.447. The molecule has 4 nitrogen and oxygen atoms in total.